The first-order chi connectivity index (χ1) is 10.6. The van der Waals surface area contributed by atoms with E-state index in [9.17, 15) is 4.79 Å². The van der Waals surface area contributed by atoms with Gasteiger partial charge in [-0.05, 0) is 37.6 Å². The molecular weight excluding hydrogens is 278 g/mol. The molecule has 5 nitrogen and oxygen atoms in total. The molecule has 0 fully saturated rings. The summed E-state index contributed by atoms with van der Waals surface area (Å²) < 4.78 is 8.79. The highest BCUT2D eigenvalue weighted by Gasteiger charge is 2.11. The number of pyridine rings is 1. The highest BCUT2D eigenvalue weighted by atomic mass is 16.5. The van der Waals surface area contributed by atoms with Crippen molar-refractivity contribution in [3.05, 3.63) is 58.1 Å². The predicted octanol–water partition coefficient (Wildman–Crippen LogP) is 2.58. The van der Waals surface area contributed by atoms with Crippen molar-refractivity contribution in [2.45, 2.75) is 26.9 Å². The average molecular weight is 297 g/mol. The summed E-state index contributed by atoms with van der Waals surface area (Å²) in [4.78, 5) is 12.7. The second kappa shape index (κ2) is 5.67. The standard InChI is InChI=1S/C17H19N3O2/c1-4-20-16-9-12(2)19(17(21)15(16)10-18-20)11-13-5-7-14(22-3)8-6-13/h5-10H,4,11H2,1-3H3. The van der Waals surface area contributed by atoms with E-state index < -0.39 is 0 Å². The van der Waals surface area contributed by atoms with Crippen molar-refractivity contribution in [2.75, 3.05) is 7.11 Å². The minimum atomic E-state index is 0.00511. The number of aromatic nitrogens is 3. The lowest BCUT2D eigenvalue weighted by Crippen LogP contribution is -2.22. The fraction of sp³-hybridized carbons (Fsp3) is 0.294. The Morgan fingerprint density at radius 1 is 1.23 bits per heavy atom. The summed E-state index contributed by atoms with van der Waals surface area (Å²) in [7, 11) is 1.64. The number of rotatable bonds is 4. The summed E-state index contributed by atoms with van der Waals surface area (Å²) in [6.07, 6.45) is 1.66. The minimum absolute atomic E-state index is 0.00511. The van der Waals surface area contributed by atoms with E-state index in [0.717, 1.165) is 29.1 Å². The Morgan fingerprint density at radius 3 is 2.59 bits per heavy atom. The summed E-state index contributed by atoms with van der Waals surface area (Å²) in [5.41, 5.74) is 2.90. The molecular formula is C17H19N3O2. The molecule has 22 heavy (non-hydrogen) atoms. The van der Waals surface area contributed by atoms with Gasteiger partial charge in [-0.3, -0.25) is 9.48 Å². The van der Waals surface area contributed by atoms with Crippen LogP contribution in [0.4, 0.5) is 0 Å². The zero-order valence-electron chi connectivity index (χ0n) is 13.0. The van der Waals surface area contributed by atoms with Gasteiger partial charge in [-0.15, -0.1) is 0 Å². The van der Waals surface area contributed by atoms with Crippen molar-refractivity contribution in [1.29, 1.82) is 0 Å². The maximum atomic E-state index is 12.7. The number of hydrogen-bond acceptors (Lipinski definition) is 3. The maximum absolute atomic E-state index is 12.7. The van der Waals surface area contributed by atoms with E-state index >= 15 is 0 Å². The molecule has 0 radical (unpaired) electrons. The third kappa shape index (κ3) is 2.39. The third-order valence-electron chi connectivity index (χ3n) is 3.93. The van der Waals surface area contributed by atoms with Crippen LogP contribution in [0.15, 0.2) is 41.3 Å². The highest BCUT2D eigenvalue weighted by molar-refractivity contribution is 5.78. The highest BCUT2D eigenvalue weighted by Crippen LogP contribution is 2.15. The molecule has 5 heteroatoms. The number of aryl methyl sites for hydroxylation is 2. The SMILES string of the molecule is CCn1ncc2c(=O)n(Cc3ccc(OC)cc3)c(C)cc21. The number of ether oxygens (including phenoxy) is 1. The van der Waals surface area contributed by atoms with Crippen molar-refractivity contribution in [1.82, 2.24) is 14.3 Å². The van der Waals surface area contributed by atoms with E-state index in [0.29, 0.717) is 11.9 Å². The van der Waals surface area contributed by atoms with Crippen molar-refractivity contribution >= 4 is 10.9 Å². The van der Waals surface area contributed by atoms with Gasteiger partial charge in [0.15, 0.2) is 0 Å². The number of fused-ring (bicyclic) bond motifs is 1. The van der Waals surface area contributed by atoms with Crippen molar-refractivity contribution in [3.63, 3.8) is 0 Å². The monoisotopic (exact) mass is 297 g/mol. The van der Waals surface area contributed by atoms with Crippen LogP contribution in [0.25, 0.3) is 10.9 Å². The van der Waals surface area contributed by atoms with Crippen LogP contribution >= 0.6 is 0 Å². The quantitative estimate of drug-likeness (QED) is 0.743. The molecule has 0 bridgehead atoms. The fourth-order valence-electron chi connectivity index (χ4n) is 2.66. The molecule has 0 aliphatic heterocycles. The topological polar surface area (TPSA) is 49.0 Å². The lowest BCUT2D eigenvalue weighted by molar-refractivity contribution is 0.414. The normalized spacial score (nSPS) is 11.0. The van der Waals surface area contributed by atoms with Crippen molar-refractivity contribution in [3.8, 4) is 5.75 Å². The molecule has 2 aromatic heterocycles. The Hall–Kier alpha value is -2.56. The first kappa shape index (κ1) is 14.4. The predicted molar refractivity (Wildman–Crippen MR) is 86.5 cm³/mol. The molecule has 3 rings (SSSR count). The average Bonchev–Trinajstić information content (AvgIpc) is 2.95. The molecule has 2 heterocycles. The number of methoxy groups -OCH3 is 1. The van der Waals surface area contributed by atoms with Crippen LogP contribution in [0.1, 0.15) is 18.2 Å². The number of hydrogen-bond donors (Lipinski definition) is 0. The molecule has 0 amide bonds. The molecule has 0 saturated carbocycles. The Kier molecular flexibility index (Phi) is 3.71. The first-order valence-corrected chi connectivity index (χ1v) is 7.33. The lowest BCUT2D eigenvalue weighted by Gasteiger charge is -2.11. The molecule has 0 aliphatic rings. The van der Waals surface area contributed by atoms with E-state index in [4.69, 9.17) is 4.74 Å². The Labute approximate surface area is 128 Å². The second-order valence-electron chi connectivity index (χ2n) is 5.28. The molecule has 0 N–H and O–H groups in total. The summed E-state index contributed by atoms with van der Waals surface area (Å²) in [6, 6.07) is 9.79. The molecule has 0 aliphatic carbocycles. The summed E-state index contributed by atoms with van der Waals surface area (Å²) in [6.45, 7) is 5.27. The van der Waals surface area contributed by atoms with E-state index in [1.165, 1.54) is 0 Å². The molecule has 114 valence electrons. The van der Waals surface area contributed by atoms with Crippen LogP contribution in [0.3, 0.4) is 0 Å². The fourth-order valence-corrected chi connectivity index (χ4v) is 2.66. The van der Waals surface area contributed by atoms with E-state index in [2.05, 4.69) is 5.10 Å². The lowest BCUT2D eigenvalue weighted by atomic mass is 10.2. The molecule has 0 atom stereocenters. The van der Waals surface area contributed by atoms with Gasteiger partial charge in [0.2, 0.25) is 0 Å². The van der Waals surface area contributed by atoms with Gasteiger partial charge in [0.05, 0.1) is 30.8 Å². The van der Waals surface area contributed by atoms with Crippen LogP contribution in [0.5, 0.6) is 5.75 Å². The number of benzene rings is 1. The van der Waals surface area contributed by atoms with Crippen LogP contribution in [-0.4, -0.2) is 21.5 Å². The zero-order chi connectivity index (χ0) is 15.7. The van der Waals surface area contributed by atoms with E-state index in [1.807, 2.05) is 48.9 Å². The van der Waals surface area contributed by atoms with E-state index in [1.54, 1.807) is 17.9 Å². The molecule has 0 saturated heterocycles. The van der Waals surface area contributed by atoms with Gasteiger partial charge in [-0.25, -0.2) is 0 Å². The van der Waals surface area contributed by atoms with Crippen molar-refractivity contribution < 1.29 is 4.74 Å². The van der Waals surface area contributed by atoms with Crippen LogP contribution in [0.2, 0.25) is 0 Å². The van der Waals surface area contributed by atoms with Gasteiger partial charge in [-0.2, -0.15) is 5.10 Å². The maximum Gasteiger partial charge on any atom is 0.262 e. The largest absolute Gasteiger partial charge is 0.497 e. The Morgan fingerprint density at radius 2 is 1.95 bits per heavy atom. The van der Waals surface area contributed by atoms with Crippen LogP contribution < -0.4 is 10.3 Å². The number of nitrogens with zero attached hydrogens (tertiary/aromatic N) is 3. The van der Waals surface area contributed by atoms with Crippen LogP contribution in [0, 0.1) is 6.92 Å². The van der Waals surface area contributed by atoms with E-state index in [-0.39, 0.29) is 5.56 Å². The first-order valence-electron chi connectivity index (χ1n) is 7.33. The van der Waals surface area contributed by atoms with Gasteiger partial charge < -0.3 is 9.30 Å². The minimum Gasteiger partial charge on any atom is -0.497 e. The third-order valence-corrected chi connectivity index (χ3v) is 3.93. The molecule has 3 aromatic rings. The van der Waals surface area contributed by atoms with Gasteiger partial charge >= 0.3 is 0 Å². The van der Waals surface area contributed by atoms with Gasteiger partial charge in [0.25, 0.3) is 5.56 Å². The Bertz CT molecular complexity index is 860. The Balaban J connectivity index is 2.04. The molecule has 0 unspecified atom stereocenters. The summed E-state index contributed by atoms with van der Waals surface area (Å²) in [5, 5.41) is 4.94. The van der Waals surface area contributed by atoms with Gasteiger partial charge in [-0.1, -0.05) is 12.1 Å². The molecule has 0 spiro atoms. The second-order valence-corrected chi connectivity index (χ2v) is 5.28. The zero-order valence-corrected chi connectivity index (χ0v) is 13.0. The van der Waals surface area contributed by atoms with Crippen LogP contribution in [-0.2, 0) is 13.1 Å². The van der Waals surface area contributed by atoms with Gasteiger partial charge in [0, 0.05) is 12.2 Å². The summed E-state index contributed by atoms with van der Waals surface area (Å²) >= 11 is 0. The van der Waals surface area contributed by atoms with Gasteiger partial charge in [0.1, 0.15) is 5.75 Å². The van der Waals surface area contributed by atoms with Crippen molar-refractivity contribution in [2.24, 2.45) is 0 Å². The summed E-state index contributed by atoms with van der Waals surface area (Å²) in [5.74, 6) is 0.812. The molecule has 1 aromatic carbocycles. The smallest absolute Gasteiger partial charge is 0.262 e.